The number of fused-ring (bicyclic) bond motifs is 5. The van der Waals surface area contributed by atoms with Crippen molar-refractivity contribution in [2.45, 2.75) is 31.7 Å². The maximum Gasteiger partial charge on any atom is 0.278 e. The minimum atomic E-state index is 0.420. The third kappa shape index (κ3) is 3.14. The summed E-state index contributed by atoms with van der Waals surface area (Å²) in [5.74, 6) is 3.39. The van der Waals surface area contributed by atoms with Gasteiger partial charge in [0.25, 0.3) is 5.89 Å². The summed E-state index contributed by atoms with van der Waals surface area (Å²) in [5, 5.41) is 13.4. The van der Waals surface area contributed by atoms with Crippen molar-refractivity contribution < 1.29 is 4.52 Å². The van der Waals surface area contributed by atoms with E-state index in [0.29, 0.717) is 30.5 Å². The molecule has 9 heteroatoms. The van der Waals surface area contributed by atoms with Gasteiger partial charge >= 0.3 is 0 Å². The van der Waals surface area contributed by atoms with Gasteiger partial charge in [0.1, 0.15) is 12.2 Å². The zero-order chi connectivity index (χ0) is 21.9. The van der Waals surface area contributed by atoms with Gasteiger partial charge in [-0.05, 0) is 36.6 Å². The van der Waals surface area contributed by atoms with Gasteiger partial charge in [0, 0.05) is 22.4 Å². The highest BCUT2D eigenvalue weighted by Gasteiger charge is 2.32. The van der Waals surface area contributed by atoms with Gasteiger partial charge in [-0.15, -0.1) is 10.2 Å². The molecule has 5 aromatic rings. The van der Waals surface area contributed by atoms with E-state index < -0.39 is 0 Å². The molecule has 2 aliphatic rings. The first-order valence-electron chi connectivity index (χ1n) is 10.9. The molecule has 0 radical (unpaired) electrons. The third-order valence-corrected chi connectivity index (χ3v) is 6.75. The van der Waals surface area contributed by atoms with Crippen LogP contribution in [0.25, 0.3) is 28.7 Å². The van der Waals surface area contributed by atoms with Crippen molar-refractivity contribution in [1.82, 2.24) is 34.5 Å². The highest BCUT2D eigenvalue weighted by molar-refractivity contribution is 9.10. The Balaban J connectivity index is 1.40. The Labute approximate surface area is 197 Å². The lowest BCUT2D eigenvalue weighted by Crippen LogP contribution is -2.09. The van der Waals surface area contributed by atoms with Gasteiger partial charge in [-0.1, -0.05) is 51.4 Å². The molecule has 0 unspecified atom stereocenters. The van der Waals surface area contributed by atoms with Gasteiger partial charge < -0.3 is 9.09 Å². The van der Waals surface area contributed by atoms with Gasteiger partial charge in [-0.3, -0.25) is 4.57 Å². The number of benzene rings is 2. The largest absolute Gasteiger partial charge is 0.332 e. The van der Waals surface area contributed by atoms with Gasteiger partial charge in [-0.2, -0.15) is 4.98 Å². The smallest absolute Gasteiger partial charge is 0.278 e. The molecule has 0 amide bonds. The van der Waals surface area contributed by atoms with Crippen molar-refractivity contribution in [3.63, 3.8) is 0 Å². The van der Waals surface area contributed by atoms with E-state index in [2.05, 4.69) is 69.7 Å². The summed E-state index contributed by atoms with van der Waals surface area (Å²) in [6.45, 7) is 0.549. The molecule has 1 aliphatic heterocycles. The topological polar surface area (TPSA) is 87.4 Å². The van der Waals surface area contributed by atoms with Crippen molar-refractivity contribution in [3.8, 4) is 28.7 Å². The second-order valence-corrected chi connectivity index (χ2v) is 9.41. The SMILES string of the molecule is Brc1ccc2c(c1)-c1nnc(Cc3ccccc3)n1Cc1c(-c3nc(C4CC4)no3)ncn1-2. The van der Waals surface area contributed by atoms with Crippen LogP contribution in [0.3, 0.4) is 0 Å². The summed E-state index contributed by atoms with van der Waals surface area (Å²) in [6.07, 6.45) is 4.76. The fraction of sp³-hybridized carbons (Fsp3) is 0.208. The van der Waals surface area contributed by atoms with Crippen molar-refractivity contribution in [1.29, 1.82) is 0 Å². The van der Waals surface area contributed by atoms with E-state index in [1.807, 2.05) is 30.6 Å². The summed E-state index contributed by atoms with van der Waals surface area (Å²) >= 11 is 3.62. The van der Waals surface area contributed by atoms with Crippen LogP contribution >= 0.6 is 15.9 Å². The van der Waals surface area contributed by atoms with Gasteiger partial charge in [0.05, 0.1) is 17.9 Å². The number of hydrogen-bond acceptors (Lipinski definition) is 6. The quantitative estimate of drug-likeness (QED) is 0.347. The van der Waals surface area contributed by atoms with Crippen LogP contribution in [0.1, 0.15) is 41.7 Å². The number of rotatable bonds is 4. The Morgan fingerprint density at radius 2 is 1.94 bits per heavy atom. The Morgan fingerprint density at radius 1 is 1.06 bits per heavy atom. The van der Waals surface area contributed by atoms with Crippen LogP contribution in [0.15, 0.2) is 63.9 Å². The minimum Gasteiger partial charge on any atom is -0.332 e. The van der Waals surface area contributed by atoms with Crippen molar-refractivity contribution >= 4 is 15.9 Å². The van der Waals surface area contributed by atoms with Crippen LogP contribution in [0.2, 0.25) is 0 Å². The zero-order valence-corrected chi connectivity index (χ0v) is 19.1. The predicted octanol–water partition coefficient (Wildman–Crippen LogP) is 4.77. The fourth-order valence-corrected chi connectivity index (χ4v) is 4.77. The Morgan fingerprint density at radius 3 is 2.79 bits per heavy atom. The molecular weight excluding hydrogens is 482 g/mol. The molecule has 1 aliphatic carbocycles. The molecule has 7 rings (SSSR count). The summed E-state index contributed by atoms with van der Waals surface area (Å²) < 4.78 is 10.9. The average molecular weight is 500 g/mol. The Bertz CT molecular complexity index is 1500. The number of aromatic nitrogens is 7. The second-order valence-electron chi connectivity index (χ2n) is 8.49. The van der Waals surface area contributed by atoms with Gasteiger partial charge in [-0.25, -0.2) is 4.98 Å². The van der Waals surface area contributed by atoms with E-state index in [9.17, 15) is 0 Å². The molecule has 0 N–H and O–H groups in total. The lowest BCUT2D eigenvalue weighted by molar-refractivity contribution is 0.421. The highest BCUT2D eigenvalue weighted by Crippen LogP contribution is 2.40. The number of hydrogen-bond donors (Lipinski definition) is 0. The van der Waals surface area contributed by atoms with E-state index in [4.69, 9.17) is 9.51 Å². The number of nitrogens with zero attached hydrogens (tertiary/aromatic N) is 7. The first kappa shape index (κ1) is 18.9. The molecule has 8 nitrogen and oxygen atoms in total. The van der Waals surface area contributed by atoms with Gasteiger partial charge in [0.15, 0.2) is 17.3 Å². The number of halogens is 1. The van der Waals surface area contributed by atoms with Gasteiger partial charge in [0.2, 0.25) is 0 Å². The predicted molar refractivity (Wildman–Crippen MR) is 124 cm³/mol. The molecule has 0 spiro atoms. The standard InChI is InChI=1S/C24H18BrN7O/c25-16-8-9-18-17(11-16)23-29-28-20(10-14-4-2-1-3-5-14)31(23)12-19-21(26-13-32(18)19)24-27-22(30-33-24)15-6-7-15/h1-5,8-9,11,13,15H,6-7,10,12H2. The Hall–Kier alpha value is -3.59. The summed E-state index contributed by atoms with van der Waals surface area (Å²) in [6, 6.07) is 16.5. The van der Waals surface area contributed by atoms with Crippen molar-refractivity contribution in [2.75, 3.05) is 0 Å². The van der Waals surface area contributed by atoms with Crippen LogP contribution in [-0.4, -0.2) is 34.5 Å². The van der Waals surface area contributed by atoms with E-state index in [1.54, 1.807) is 0 Å². The molecule has 4 heterocycles. The second kappa shape index (κ2) is 7.21. The molecule has 0 atom stereocenters. The maximum atomic E-state index is 5.63. The zero-order valence-electron chi connectivity index (χ0n) is 17.5. The van der Waals surface area contributed by atoms with Crippen LogP contribution < -0.4 is 0 Å². The van der Waals surface area contributed by atoms with Crippen LogP contribution in [-0.2, 0) is 13.0 Å². The van der Waals surface area contributed by atoms with Crippen LogP contribution in [0.5, 0.6) is 0 Å². The third-order valence-electron chi connectivity index (χ3n) is 6.25. The highest BCUT2D eigenvalue weighted by atomic mass is 79.9. The minimum absolute atomic E-state index is 0.420. The first-order chi connectivity index (χ1) is 16.2. The van der Waals surface area contributed by atoms with Crippen molar-refractivity contribution in [2.24, 2.45) is 0 Å². The monoisotopic (exact) mass is 499 g/mol. The molecule has 3 aromatic heterocycles. The summed E-state index contributed by atoms with van der Waals surface area (Å²) in [5.41, 5.74) is 4.84. The van der Waals surface area contributed by atoms with Crippen molar-refractivity contribution in [3.05, 3.63) is 82.2 Å². The van der Waals surface area contributed by atoms with Crippen LogP contribution in [0, 0.1) is 0 Å². The lowest BCUT2D eigenvalue weighted by atomic mass is 10.1. The first-order valence-corrected chi connectivity index (χ1v) is 11.7. The summed E-state index contributed by atoms with van der Waals surface area (Å²) in [4.78, 5) is 9.35. The molecule has 1 saturated carbocycles. The fourth-order valence-electron chi connectivity index (χ4n) is 4.41. The molecule has 0 saturated heterocycles. The molecule has 0 bridgehead atoms. The molecular formula is C24H18BrN7O. The lowest BCUT2D eigenvalue weighted by Gasteiger charge is -2.09. The molecule has 162 valence electrons. The van der Waals surface area contributed by atoms with Crippen LogP contribution in [0.4, 0.5) is 0 Å². The molecule has 1 fully saturated rings. The molecule has 33 heavy (non-hydrogen) atoms. The van der Waals surface area contributed by atoms with E-state index in [1.165, 1.54) is 5.56 Å². The average Bonchev–Trinajstić information content (AvgIpc) is 3.27. The summed E-state index contributed by atoms with van der Waals surface area (Å²) in [7, 11) is 0. The van der Waals surface area contributed by atoms with E-state index in [0.717, 1.165) is 51.7 Å². The molecule has 2 aromatic carbocycles. The Kier molecular flexibility index (Phi) is 4.14. The van der Waals surface area contributed by atoms with E-state index in [-0.39, 0.29) is 0 Å². The van der Waals surface area contributed by atoms with E-state index >= 15 is 0 Å². The maximum absolute atomic E-state index is 5.63. The normalized spacial score (nSPS) is 14.5. The number of imidazole rings is 1.